The number of halogens is 1. The number of carboxylic acids is 1. The molecule has 0 fully saturated rings. The molecule has 0 amide bonds. The number of benzene rings is 3. The van der Waals surface area contributed by atoms with Gasteiger partial charge in [-0.05, 0) is 35.7 Å². The zero-order chi connectivity index (χ0) is 22.1. The molecule has 0 saturated heterocycles. The Morgan fingerprint density at radius 2 is 1.65 bits per heavy atom. The summed E-state index contributed by atoms with van der Waals surface area (Å²) in [4.78, 5) is 17.1. The van der Waals surface area contributed by atoms with Crippen LogP contribution in [0.15, 0.2) is 72.8 Å². The van der Waals surface area contributed by atoms with Gasteiger partial charge in [0.25, 0.3) is 0 Å². The van der Waals surface area contributed by atoms with Crippen LogP contribution in [0.3, 0.4) is 0 Å². The van der Waals surface area contributed by atoms with E-state index < -0.39 is 5.97 Å². The molecule has 162 valence electrons. The molecular formula is C25H26FNO4. The summed E-state index contributed by atoms with van der Waals surface area (Å²) in [6.07, 6.45) is 0.719. The van der Waals surface area contributed by atoms with Gasteiger partial charge in [-0.15, -0.1) is 0 Å². The van der Waals surface area contributed by atoms with Gasteiger partial charge in [0.15, 0.2) is 0 Å². The zero-order valence-corrected chi connectivity index (χ0v) is 17.5. The molecular weight excluding hydrogens is 397 g/mol. The molecule has 0 aliphatic carbocycles. The van der Waals surface area contributed by atoms with Crippen LogP contribution in [0.25, 0.3) is 0 Å². The van der Waals surface area contributed by atoms with Gasteiger partial charge >= 0.3 is 5.97 Å². The third-order valence-corrected chi connectivity index (χ3v) is 4.86. The van der Waals surface area contributed by atoms with Crippen molar-refractivity contribution in [3.63, 3.8) is 0 Å². The number of hydrogen-bond acceptors (Lipinski definition) is 4. The molecule has 31 heavy (non-hydrogen) atoms. The molecule has 0 unspecified atom stereocenters. The number of carboxylic acid groups (broad SMARTS) is 1. The molecule has 0 atom stereocenters. The van der Waals surface area contributed by atoms with Gasteiger partial charge in [-0.1, -0.05) is 61.5 Å². The van der Waals surface area contributed by atoms with Crippen LogP contribution in [-0.4, -0.2) is 29.3 Å². The Labute approximate surface area is 181 Å². The minimum atomic E-state index is -1.01. The van der Waals surface area contributed by atoms with Gasteiger partial charge in [-0.25, -0.2) is 9.18 Å². The Hall–Kier alpha value is -3.22. The Balaban J connectivity index is 1.47. The molecule has 0 radical (unpaired) electrons. The predicted molar refractivity (Wildman–Crippen MR) is 116 cm³/mol. The van der Waals surface area contributed by atoms with E-state index in [-0.39, 0.29) is 18.0 Å². The third kappa shape index (κ3) is 6.64. The average Bonchev–Trinajstić information content (AvgIpc) is 2.79. The van der Waals surface area contributed by atoms with E-state index in [9.17, 15) is 14.3 Å². The van der Waals surface area contributed by atoms with Crippen molar-refractivity contribution < 1.29 is 23.9 Å². The number of hydroxylamine groups is 2. The van der Waals surface area contributed by atoms with E-state index in [0.717, 1.165) is 17.5 Å². The fourth-order valence-electron chi connectivity index (χ4n) is 3.09. The SMILES string of the molecule is CCN(Cc1ccccc1F)OCCc1ccc(COc2ccccc2C(=O)O)cc1. The first-order valence-corrected chi connectivity index (χ1v) is 10.2. The maximum Gasteiger partial charge on any atom is 0.339 e. The first-order valence-electron chi connectivity index (χ1n) is 10.2. The molecule has 5 nitrogen and oxygen atoms in total. The number of para-hydroxylation sites is 1. The fourth-order valence-corrected chi connectivity index (χ4v) is 3.09. The van der Waals surface area contributed by atoms with Crippen LogP contribution < -0.4 is 4.74 Å². The van der Waals surface area contributed by atoms with Crippen molar-refractivity contribution in [3.05, 3.63) is 101 Å². The lowest BCUT2D eigenvalue weighted by Gasteiger charge is -2.20. The van der Waals surface area contributed by atoms with E-state index in [1.54, 1.807) is 35.4 Å². The summed E-state index contributed by atoms with van der Waals surface area (Å²) < 4.78 is 19.5. The lowest BCUT2D eigenvalue weighted by molar-refractivity contribution is -0.162. The topological polar surface area (TPSA) is 59.0 Å². The Bertz CT molecular complexity index is 991. The molecule has 0 aromatic heterocycles. The number of rotatable bonds is 11. The second-order valence-corrected chi connectivity index (χ2v) is 7.04. The Kier molecular flexibility index (Phi) is 8.15. The van der Waals surface area contributed by atoms with Gasteiger partial charge < -0.3 is 9.84 Å². The van der Waals surface area contributed by atoms with Gasteiger partial charge in [0, 0.05) is 12.1 Å². The van der Waals surface area contributed by atoms with Crippen molar-refractivity contribution in [2.24, 2.45) is 0 Å². The average molecular weight is 423 g/mol. The maximum atomic E-state index is 13.8. The van der Waals surface area contributed by atoms with E-state index >= 15 is 0 Å². The fraction of sp³-hybridized carbons (Fsp3) is 0.240. The highest BCUT2D eigenvalue weighted by molar-refractivity contribution is 5.90. The predicted octanol–water partition coefficient (Wildman–Crippen LogP) is 5.10. The molecule has 3 aromatic carbocycles. The number of carbonyl (C=O) groups is 1. The van der Waals surface area contributed by atoms with Crippen LogP contribution in [0.5, 0.6) is 5.75 Å². The van der Waals surface area contributed by atoms with E-state index in [0.29, 0.717) is 31.0 Å². The Morgan fingerprint density at radius 1 is 0.968 bits per heavy atom. The molecule has 0 heterocycles. The van der Waals surface area contributed by atoms with E-state index in [2.05, 4.69) is 0 Å². The van der Waals surface area contributed by atoms with Crippen molar-refractivity contribution in [1.29, 1.82) is 0 Å². The molecule has 0 saturated carbocycles. The monoisotopic (exact) mass is 423 g/mol. The Morgan fingerprint density at radius 3 is 2.35 bits per heavy atom. The second-order valence-electron chi connectivity index (χ2n) is 7.04. The van der Waals surface area contributed by atoms with Crippen LogP contribution in [0.4, 0.5) is 4.39 Å². The standard InChI is InChI=1S/C25H26FNO4/c1-2-27(17-21-7-3-5-9-23(21)26)31-16-15-19-11-13-20(14-12-19)18-30-24-10-6-4-8-22(24)25(28)29/h3-14H,2,15-18H2,1H3,(H,28,29). The van der Waals surface area contributed by atoms with Crippen molar-refractivity contribution in [1.82, 2.24) is 5.06 Å². The second kappa shape index (κ2) is 11.2. The van der Waals surface area contributed by atoms with Crippen LogP contribution in [0.1, 0.15) is 34.0 Å². The summed E-state index contributed by atoms with van der Waals surface area (Å²) in [5, 5.41) is 11.0. The smallest absolute Gasteiger partial charge is 0.339 e. The molecule has 3 rings (SSSR count). The zero-order valence-electron chi connectivity index (χ0n) is 17.5. The van der Waals surface area contributed by atoms with Crippen LogP contribution in [0, 0.1) is 5.82 Å². The summed E-state index contributed by atoms with van der Waals surface area (Å²) in [6, 6.07) is 21.2. The highest BCUT2D eigenvalue weighted by Gasteiger charge is 2.10. The van der Waals surface area contributed by atoms with Crippen molar-refractivity contribution in [3.8, 4) is 5.75 Å². The van der Waals surface area contributed by atoms with Gasteiger partial charge in [-0.3, -0.25) is 4.84 Å². The molecule has 3 aromatic rings. The van der Waals surface area contributed by atoms with Crippen molar-refractivity contribution in [2.45, 2.75) is 26.5 Å². The van der Waals surface area contributed by atoms with E-state index in [1.807, 2.05) is 37.3 Å². The number of aromatic carboxylic acids is 1. The van der Waals surface area contributed by atoms with E-state index in [4.69, 9.17) is 9.57 Å². The third-order valence-electron chi connectivity index (χ3n) is 4.86. The summed E-state index contributed by atoms with van der Waals surface area (Å²) in [6.45, 7) is 3.80. The minimum Gasteiger partial charge on any atom is -0.488 e. The molecule has 0 spiro atoms. The van der Waals surface area contributed by atoms with Gasteiger partial charge in [-0.2, -0.15) is 5.06 Å². The first-order chi connectivity index (χ1) is 15.1. The maximum absolute atomic E-state index is 13.8. The van der Waals surface area contributed by atoms with Gasteiger partial charge in [0.2, 0.25) is 0 Å². The molecule has 0 aliphatic rings. The summed E-state index contributed by atoms with van der Waals surface area (Å²) in [5.74, 6) is -0.891. The first kappa shape index (κ1) is 22.5. The molecule has 6 heteroatoms. The van der Waals surface area contributed by atoms with Gasteiger partial charge in [0.05, 0.1) is 13.2 Å². The van der Waals surface area contributed by atoms with Crippen molar-refractivity contribution in [2.75, 3.05) is 13.2 Å². The summed E-state index contributed by atoms with van der Waals surface area (Å²) in [7, 11) is 0. The lowest BCUT2D eigenvalue weighted by Crippen LogP contribution is -2.25. The normalized spacial score (nSPS) is 10.9. The lowest BCUT2D eigenvalue weighted by atomic mass is 10.1. The minimum absolute atomic E-state index is 0.145. The highest BCUT2D eigenvalue weighted by Crippen LogP contribution is 2.19. The quantitative estimate of drug-likeness (QED) is 0.435. The molecule has 0 bridgehead atoms. The van der Waals surface area contributed by atoms with Crippen LogP contribution in [-0.2, 0) is 24.4 Å². The van der Waals surface area contributed by atoms with Crippen LogP contribution >= 0.6 is 0 Å². The van der Waals surface area contributed by atoms with E-state index in [1.165, 1.54) is 12.1 Å². The van der Waals surface area contributed by atoms with Crippen LogP contribution in [0.2, 0.25) is 0 Å². The number of ether oxygens (including phenoxy) is 1. The van der Waals surface area contributed by atoms with Gasteiger partial charge in [0.1, 0.15) is 23.7 Å². The van der Waals surface area contributed by atoms with Crippen molar-refractivity contribution >= 4 is 5.97 Å². The summed E-state index contributed by atoms with van der Waals surface area (Å²) >= 11 is 0. The summed E-state index contributed by atoms with van der Waals surface area (Å²) in [5.41, 5.74) is 2.81. The highest BCUT2D eigenvalue weighted by atomic mass is 19.1. The molecule has 1 N–H and O–H groups in total. The number of hydrogen-bond donors (Lipinski definition) is 1. The molecule has 0 aliphatic heterocycles. The number of nitrogens with zero attached hydrogens (tertiary/aromatic N) is 1. The largest absolute Gasteiger partial charge is 0.488 e.